The minimum absolute atomic E-state index is 0.0809. The topological polar surface area (TPSA) is 69.6 Å². The summed E-state index contributed by atoms with van der Waals surface area (Å²) in [5, 5.41) is 12.2. The van der Waals surface area contributed by atoms with E-state index in [-0.39, 0.29) is 12.1 Å². The van der Waals surface area contributed by atoms with Crippen LogP contribution in [0.2, 0.25) is 0 Å². The van der Waals surface area contributed by atoms with Crippen molar-refractivity contribution < 1.29 is 14.7 Å². The molecule has 2 amide bonds. The first-order valence-electron chi connectivity index (χ1n) is 7.29. The number of fused-ring (bicyclic) bond motifs is 1. The van der Waals surface area contributed by atoms with Crippen molar-refractivity contribution in [3.8, 4) is 0 Å². The maximum atomic E-state index is 12.2. The van der Waals surface area contributed by atoms with Gasteiger partial charge in [-0.2, -0.15) is 0 Å². The summed E-state index contributed by atoms with van der Waals surface area (Å²) < 4.78 is 0. The maximum absolute atomic E-state index is 12.2. The largest absolute Gasteiger partial charge is 0.478 e. The van der Waals surface area contributed by atoms with Crippen LogP contribution in [0, 0.1) is 5.92 Å². The van der Waals surface area contributed by atoms with Crippen LogP contribution in [0.25, 0.3) is 0 Å². The number of carbonyl (C=O) groups is 2. The summed E-state index contributed by atoms with van der Waals surface area (Å²) in [4.78, 5) is 25.2. The monoisotopic (exact) mass is 290 g/mol. The number of hydrogen-bond donors (Lipinski definition) is 2. The Kier molecular flexibility index (Phi) is 4.50. The Morgan fingerprint density at radius 2 is 2.00 bits per heavy atom. The average molecular weight is 290 g/mol. The number of urea groups is 1. The number of benzene rings is 1. The standard InChI is InChI=1S/C16H22N2O3/c1-10(2)11(3)17-16(21)18-8-7-13-12(9-18)5-4-6-14(13)15(19)20/h4-6,10-11H,7-9H2,1-3H3,(H,17,21)(H,19,20). The molecular weight excluding hydrogens is 268 g/mol. The second-order valence-electron chi connectivity index (χ2n) is 5.90. The van der Waals surface area contributed by atoms with Crippen molar-refractivity contribution in [1.82, 2.24) is 10.2 Å². The summed E-state index contributed by atoms with van der Waals surface area (Å²) in [7, 11) is 0. The molecule has 1 aromatic carbocycles. The maximum Gasteiger partial charge on any atom is 0.335 e. The van der Waals surface area contributed by atoms with Crippen molar-refractivity contribution in [2.45, 2.75) is 39.8 Å². The summed E-state index contributed by atoms with van der Waals surface area (Å²) in [6, 6.07) is 5.29. The molecule has 0 bridgehead atoms. The van der Waals surface area contributed by atoms with E-state index in [9.17, 15) is 14.7 Å². The van der Waals surface area contributed by atoms with Crippen LogP contribution < -0.4 is 5.32 Å². The Morgan fingerprint density at radius 1 is 1.29 bits per heavy atom. The predicted octanol–water partition coefficient (Wildman–Crippen LogP) is 2.50. The molecule has 2 N–H and O–H groups in total. The lowest BCUT2D eigenvalue weighted by atomic mass is 9.94. The highest BCUT2D eigenvalue weighted by molar-refractivity contribution is 5.90. The van der Waals surface area contributed by atoms with Crippen LogP contribution in [0.15, 0.2) is 18.2 Å². The third-order valence-electron chi connectivity index (χ3n) is 4.13. The molecule has 1 unspecified atom stereocenters. The highest BCUT2D eigenvalue weighted by atomic mass is 16.4. The smallest absolute Gasteiger partial charge is 0.335 e. The molecule has 0 fully saturated rings. The Hall–Kier alpha value is -2.04. The van der Waals surface area contributed by atoms with Gasteiger partial charge in [0.15, 0.2) is 0 Å². The summed E-state index contributed by atoms with van der Waals surface area (Å²) in [5.74, 6) is -0.525. The minimum atomic E-state index is -0.904. The van der Waals surface area contributed by atoms with Gasteiger partial charge < -0.3 is 15.3 Å². The number of nitrogens with zero attached hydrogens (tertiary/aromatic N) is 1. The number of rotatable bonds is 3. The molecule has 5 heteroatoms. The molecule has 0 aliphatic carbocycles. The normalized spacial score (nSPS) is 15.5. The van der Waals surface area contributed by atoms with Gasteiger partial charge in [0.25, 0.3) is 0 Å². The van der Waals surface area contributed by atoms with Gasteiger partial charge in [-0.15, -0.1) is 0 Å². The third kappa shape index (κ3) is 3.35. The molecule has 1 aliphatic heterocycles. The van der Waals surface area contributed by atoms with Crippen LogP contribution in [0.4, 0.5) is 4.79 Å². The lowest BCUT2D eigenvalue weighted by Gasteiger charge is -2.31. The molecule has 0 aromatic heterocycles. The molecule has 1 aliphatic rings. The molecule has 0 saturated carbocycles. The number of amides is 2. The van der Waals surface area contributed by atoms with Gasteiger partial charge in [0.2, 0.25) is 0 Å². The zero-order valence-electron chi connectivity index (χ0n) is 12.7. The van der Waals surface area contributed by atoms with E-state index in [4.69, 9.17) is 0 Å². The van der Waals surface area contributed by atoms with Crippen molar-refractivity contribution >= 4 is 12.0 Å². The van der Waals surface area contributed by atoms with Gasteiger partial charge in [-0.1, -0.05) is 26.0 Å². The highest BCUT2D eigenvalue weighted by Crippen LogP contribution is 2.22. The third-order valence-corrected chi connectivity index (χ3v) is 4.13. The number of carboxylic acid groups (broad SMARTS) is 1. The van der Waals surface area contributed by atoms with Crippen molar-refractivity contribution in [2.75, 3.05) is 6.54 Å². The van der Waals surface area contributed by atoms with Crippen LogP contribution in [0.5, 0.6) is 0 Å². The fourth-order valence-electron chi connectivity index (χ4n) is 2.44. The van der Waals surface area contributed by atoms with Crippen LogP contribution in [0.1, 0.15) is 42.3 Å². The number of aromatic carboxylic acids is 1. The zero-order valence-corrected chi connectivity index (χ0v) is 12.7. The first kappa shape index (κ1) is 15.4. The van der Waals surface area contributed by atoms with Gasteiger partial charge in [0, 0.05) is 19.1 Å². The van der Waals surface area contributed by atoms with Gasteiger partial charge >= 0.3 is 12.0 Å². The van der Waals surface area contributed by atoms with Crippen molar-refractivity contribution in [1.29, 1.82) is 0 Å². The number of nitrogens with one attached hydrogen (secondary N) is 1. The van der Waals surface area contributed by atoms with Gasteiger partial charge in [0.1, 0.15) is 0 Å². The molecule has 0 radical (unpaired) electrons. The van der Waals surface area contributed by atoms with Crippen LogP contribution >= 0.6 is 0 Å². The molecule has 0 saturated heterocycles. The molecule has 1 heterocycles. The number of carboxylic acids is 1. The first-order chi connectivity index (χ1) is 9.90. The van der Waals surface area contributed by atoms with E-state index in [1.54, 1.807) is 17.0 Å². The number of carbonyl (C=O) groups excluding carboxylic acids is 1. The summed E-state index contributed by atoms with van der Waals surface area (Å²) in [5.41, 5.74) is 2.13. The zero-order chi connectivity index (χ0) is 15.6. The molecule has 5 nitrogen and oxygen atoms in total. The number of hydrogen-bond acceptors (Lipinski definition) is 2. The Labute approximate surface area is 125 Å². The quantitative estimate of drug-likeness (QED) is 0.898. The average Bonchev–Trinajstić information content (AvgIpc) is 2.45. The van der Waals surface area contributed by atoms with E-state index in [1.165, 1.54) is 0 Å². The van der Waals surface area contributed by atoms with E-state index in [1.807, 2.05) is 13.0 Å². The van der Waals surface area contributed by atoms with E-state index >= 15 is 0 Å². The van der Waals surface area contributed by atoms with Gasteiger partial charge in [-0.3, -0.25) is 0 Å². The second-order valence-corrected chi connectivity index (χ2v) is 5.90. The fraction of sp³-hybridized carbons (Fsp3) is 0.500. The van der Waals surface area contributed by atoms with E-state index in [2.05, 4.69) is 19.2 Å². The van der Waals surface area contributed by atoms with Crippen LogP contribution in [-0.2, 0) is 13.0 Å². The van der Waals surface area contributed by atoms with Crippen LogP contribution in [0.3, 0.4) is 0 Å². The van der Waals surface area contributed by atoms with Crippen LogP contribution in [-0.4, -0.2) is 34.6 Å². The lowest BCUT2D eigenvalue weighted by Crippen LogP contribution is -2.47. The molecule has 21 heavy (non-hydrogen) atoms. The lowest BCUT2D eigenvalue weighted by molar-refractivity contribution is 0.0695. The second kappa shape index (κ2) is 6.16. The summed E-state index contributed by atoms with van der Waals surface area (Å²) in [6.07, 6.45) is 0.585. The van der Waals surface area contributed by atoms with E-state index < -0.39 is 5.97 Å². The molecule has 1 atom stereocenters. The Bertz CT molecular complexity index is 554. The first-order valence-corrected chi connectivity index (χ1v) is 7.29. The van der Waals surface area contributed by atoms with Crippen molar-refractivity contribution in [3.63, 3.8) is 0 Å². The van der Waals surface area contributed by atoms with E-state index in [0.29, 0.717) is 31.0 Å². The van der Waals surface area contributed by atoms with Gasteiger partial charge in [-0.05, 0) is 36.5 Å². The van der Waals surface area contributed by atoms with E-state index in [0.717, 1.165) is 11.1 Å². The molecule has 114 valence electrons. The van der Waals surface area contributed by atoms with Crippen molar-refractivity contribution in [3.05, 3.63) is 34.9 Å². The molecule has 1 aromatic rings. The highest BCUT2D eigenvalue weighted by Gasteiger charge is 2.25. The predicted molar refractivity (Wildman–Crippen MR) is 80.3 cm³/mol. The summed E-state index contributed by atoms with van der Waals surface area (Å²) >= 11 is 0. The van der Waals surface area contributed by atoms with Gasteiger partial charge in [-0.25, -0.2) is 9.59 Å². The molecule has 2 rings (SSSR count). The minimum Gasteiger partial charge on any atom is -0.478 e. The Morgan fingerprint density at radius 3 is 2.62 bits per heavy atom. The van der Waals surface area contributed by atoms with Gasteiger partial charge in [0.05, 0.1) is 5.56 Å². The SMILES string of the molecule is CC(C)C(C)NC(=O)N1CCc2c(cccc2C(=O)O)C1. The Balaban J connectivity index is 2.11. The summed E-state index contributed by atoms with van der Waals surface area (Å²) in [6.45, 7) is 7.13. The molecular formula is C16H22N2O3. The fourth-order valence-corrected chi connectivity index (χ4v) is 2.44. The van der Waals surface area contributed by atoms with Crippen molar-refractivity contribution in [2.24, 2.45) is 5.92 Å². The molecule has 0 spiro atoms.